The fourth-order valence-electron chi connectivity index (χ4n) is 1.33. The molecule has 0 amide bonds. The van der Waals surface area contributed by atoms with Crippen molar-refractivity contribution in [2.45, 2.75) is 38.1 Å². The highest BCUT2D eigenvalue weighted by atomic mass is 16.5. The van der Waals surface area contributed by atoms with Crippen LogP contribution < -0.4 is 11.5 Å². The number of nitrogens with zero attached hydrogens (tertiary/aromatic N) is 1. The summed E-state index contributed by atoms with van der Waals surface area (Å²) in [6, 6.07) is -0.788. The van der Waals surface area contributed by atoms with Gasteiger partial charge in [-0.3, -0.25) is 4.79 Å². The van der Waals surface area contributed by atoms with Crippen LogP contribution in [0.3, 0.4) is 0 Å². The number of aliphatic carboxylic acids is 1. The monoisotopic (exact) mass is 233 g/mol. The summed E-state index contributed by atoms with van der Waals surface area (Å²) in [7, 11) is 0. The van der Waals surface area contributed by atoms with Crippen molar-refractivity contribution in [1.29, 1.82) is 0 Å². The summed E-state index contributed by atoms with van der Waals surface area (Å²) in [5.74, 6) is -0.969. The first-order chi connectivity index (χ1) is 7.57. The predicted octanol–water partition coefficient (Wildman–Crippen LogP) is -0.00130. The van der Waals surface area contributed by atoms with Crippen molar-refractivity contribution in [1.82, 2.24) is 5.06 Å². The van der Waals surface area contributed by atoms with Crippen LogP contribution in [-0.4, -0.2) is 47.0 Å². The summed E-state index contributed by atoms with van der Waals surface area (Å²) >= 11 is 0. The molecule has 0 bridgehead atoms. The molecule has 6 nitrogen and oxygen atoms in total. The molecule has 0 radical (unpaired) electrons. The van der Waals surface area contributed by atoms with Crippen LogP contribution in [0.4, 0.5) is 0 Å². The number of carboxylic acids is 1. The Balaban J connectivity index is 3.33. The lowest BCUT2D eigenvalue weighted by atomic mass is 10.1. The fourth-order valence-corrected chi connectivity index (χ4v) is 1.33. The van der Waals surface area contributed by atoms with E-state index in [4.69, 9.17) is 16.6 Å². The van der Waals surface area contributed by atoms with Gasteiger partial charge in [-0.2, -0.15) is 5.06 Å². The summed E-state index contributed by atoms with van der Waals surface area (Å²) in [6.45, 7) is 1.81. The summed E-state index contributed by atoms with van der Waals surface area (Å²) in [5, 5.41) is 19.2. The normalized spacial score (nSPS) is 13.0. The van der Waals surface area contributed by atoms with E-state index in [0.29, 0.717) is 32.5 Å². The zero-order valence-corrected chi connectivity index (χ0v) is 9.64. The second-order valence-corrected chi connectivity index (χ2v) is 3.89. The van der Waals surface area contributed by atoms with Crippen LogP contribution in [0.1, 0.15) is 32.1 Å². The van der Waals surface area contributed by atoms with E-state index in [2.05, 4.69) is 0 Å². The summed E-state index contributed by atoms with van der Waals surface area (Å²) in [4.78, 5) is 10.4. The van der Waals surface area contributed by atoms with Crippen molar-refractivity contribution < 1.29 is 15.1 Å². The Morgan fingerprint density at radius 3 is 2.25 bits per heavy atom. The van der Waals surface area contributed by atoms with Gasteiger partial charge < -0.3 is 21.8 Å². The predicted molar refractivity (Wildman–Crippen MR) is 61.1 cm³/mol. The molecule has 0 saturated carbocycles. The van der Waals surface area contributed by atoms with E-state index in [1.165, 1.54) is 5.06 Å². The van der Waals surface area contributed by atoms with E-state index in [-0.39, 0.29) is 0 Å². The quantitative estimate of drug-likeness (QED) is 0.312. The van der Waals surface area contributed by atoms with E-state index in [1.807, 2.05) is 0 Å². The molecule has 16 heavy (non-hydrogen) atoms. The SMILES string of the molecule is NCCCCN(O)CCCCC(N)C(=O)O. The lowest BCUT2D eigenvalue weighted by Gasteiger charge is -2.14. The van der Waals surface area contributed by atoms with Gasteiger partial charge in [0, 0.05) is 13.1 Å². The van der Waals surface area contributed by atoms with Gasteiger partial charge in [-0.05, 0) is 38.6 Å². The molecule has 6 heteroatoms. The first-order valence-electron chi connectivity index (χ1n) is 5.70. The maximum atomic E-state index is 10.4. The molecule has 0 aliphatic rings. The topological polar surface area (TPSA) is 113 Å². The molecule has 0 aliphatic heterocycles. The fraction of sp³-hybridized carbons (Fsp3) is 0.900. The maximum Gasteiger partial charge on any atom is 0.320 e. The Kier molecular flexibility index (Phi) is 9.12. The summed E-state index contributed by atoms with van der Waals surface area (Å²) in [5.41, 5.74) is 10.7. The summed E-state index contributed by atoms with van der Waals surface area (Å²) < 4.78 is 0. The van der Waals surface area contributed by atoms with Gasteiger partial charge in [0.2, 0.25) is 0 Å². The lowest BCUT2D eigenvalue weighted by molar-refractivity contribution is -0.138. The largest absolute Gasteiger partial charge is 0.480 e. The molecule has 96 valence electrons. The van der Waals surface area contributed by atoms with E-state index < -0.39 is 12.0 Å². The molecule has 0 aromatic carbocycles. The minimum absolute atomic E-state index is 0.450. The van der Waals surface area contributed by atoms with Crippen molar-refractivity contribution in [3.05, 3.63) is 0 Å². The van der Waals surface area contributed by atoms with Gasteiger partial charge in [-0.15, -0.1) is 0 Å². The molecule has 6 N–H and O–H groups in total. The number of unbranched alkanes of at least 4 members (excludes halogenated alkanes) is 2. The number of hydrogen-bond acceptors (Lipinski definition) is 5. The smallest absolute Gasteiger partial charge is 0.320 e. The first-order valence-corrected chi connectivity index (χ1v) is 5.70. The molecular formula is C10H23N3O3. The van der Waals surface area contributed by atoms with Crippen LogP contribution >= 0.6 is 0 Å². The zero-order valence-electron chi connectivity index (χ0n) is 9.64. The minimum atomic E-state index is -0.969. The van der Waals surface area contributed by atoms with Crippen molar-refractivity contribution in [2.75, 3.05) is 19.6 Å². The highest BCUT2D eigenvalue weighted by Crippen LogP contribution is 2.01. The van der Waals surface area contributed by atoms with E-state index in [9.17, 15) is 10.0 Å². The highest BCUT2D eigenvalue weighted by molar-refractivity contribution is 5.72. The number of hydrogen-bond donors (Lipinski definition) is 4. The summed E-state index contributed by atoms with van der Waals surface area (Å²) in [6.07, 6.45) is 3.69. The molecule has 1 unspecified atom stereocenters. The van der Waals surface area contributed by atoms with Gasteiger partial charge in [0.25, 0.3) is 0 Å². The maximum absolute atomic E-state index is 10.4. The third kappa shape index (κ3) is 8.60. The van der Waals surface area contributed by atoms with Gasteiger partial charge in [-0.25, -0.2) is 0 Å². The van der Waals surface area contributed by atoms with Crippen LogP contribution in [0.2, 0.25) is 0 Å². The standard InChI is InChI=1S/C10H23N3O3/c11-6-2-4-8-13(16)7-3-1-5-9(12)10(14)15/h9,16H,1-8,11-12H2,(H,14,15). The second-order valence-electron chi connectivity index (χ2n) is 3.89. The van der Waals surface area contributed by atoms with E-state index in [1.54, 1.807) is 0 Å². The van der Waals surface area contributed by atoms with Crippen LogP contribution in [0.5, 0.6) is 0 Å². The van der Waals surface area contributed by atoms with Crippen LogP contribution in [0, 0.1) is 0 Å². The number of rotatable bonds is 10. The second kappa shape index (κ2) is 9.53. The Hall–Kier alpha value is -0.690. The third-order valence-electron chi connectivity index (χ3n) is 2.37. The minimum Gasteiger partial charge on any atom is -0.480 e. The number of carboxylic acid groups (broad SMARTS) is 1. The average Bonchev–Trinajstić information content (AvgIpc) is 2.24. The molecular weight excluding hydrogens is 210 g/mol. The van der Waals surface area contributed by atoms with Gasteiger partial charge in [0.1, 0.15) is 6.04 Å². The van der Waals surface area contributed by atoms with Gasteiger partial charge in [0.05, 0.1) is 0 Å². The lowest BCUT2D eigenvalue weighted by Crippen LogP contribution is -2.30. The van der Waals surface area contributed by atoms with Crippen molar-refractivity contribution >= 4 is 5.97 Å². The van der Waals surface area contributed by atoms with Gasteiger partial charge >= 0.3 is 5.97 Å². The molecule has 0 saturated heterocycles. The average molecular weight is 233 g/mol. The van der Waals surface area contributed by atoms with Gasteiger partial charge in [0.15, 0.2) is 0 Å². The molecule has 1 atom stereocenters. The Morgan fingerprint density at radius 1 is 1.19 bits per heavy atom. The molecule has 0 rings (SSSR count). The Morgan fingerprint density at radius 2 is 1.75 bits per heavy atom. The Labute approximate surface area is 96.2 Å². The van der Waals surface area contributed by atoms with Crippen molar-refractivity contribution in [2.24, 2.45) is 11.5 Å². The van der Waals surface area contributed by atoms with E-state index >= 15 is 0 Å². The first kappa shape index (κ1) is 15.3. The van der Waals surface area contributed by atoms with Crippen molar-refractivity contribution in [3.63, 3.8) is 0 Å². The van der Waals surface area contributed by atoms with Crippen LogP contribution in [0.25, 0.3) is 0 Å². The van der Waals surface area contributed by atoms with Crippen LogP contribution in [0.15, 0.2) is 0 Å². The third-order valence-corrected chi connectivity index (χ3v) is 2.37. The van der Waals surface area contributed by atoms with E-state index in [0.717, 1.165) is 19.3 Å². The Bertz CT molecular complexity index is 190. The molecule has 0 heterocycles. The molecule has 0 fully saturated rings. The molecule has 0 spiro atoms. The molecule has 0 aromatic rings. The van der Waals surface area contributed by atoms with Crippen LogP contribution in [-0.2, 0) is 4.79 Å². The molecule has 0 aromatic heterocycles. The van der Waals surface area contributed by atoms with Crippen molar-refractivity contribution in [3.8, 4) is 0 Å². The highest BCUT2D eigenvalue weighted by Gasteiger charge is 2.10. The number of hydroxylamine groups is 2. The molecule has 0 aliphatic carbocycles. The zero-order chi connectivity index (χ0) is 12.4. The van der Waals surface area contributed by atoms with Gasteiger partial charge in [-0.1, -0.05) is 0 Å². The number of carbonyl (C=O) groups is 1. The number of nitrogens with two attached hydrogens (primary N) is 2.